The molecule has 112 valence electrons. The second kappa shape index (κ2) is 6.60. The Kier molecular flexibility index (Phi) is 5.38. The molecule has 5 nitrogen and oxygen atoms in total. The fraction of sp³-hybridized carbons (Fsp3) is 0.538. The Bertz CT molecular complexity index is 455. The molecule has 1 amide bonds. The average molecular weight is 287 g/mol. The number of aromatic nitrogens is 1. The number of hydrogen-bond acceptors (Lipinski definition) is 4. The van der Waals surface area contributed by atoms with Gasteiger partial charge in [-0.3, -0.25) is 4.98 Å². The van der Waals surface area contributed by atoms with Crippen LogP contribution in [0, 0.1) is 11.6 Å². The van der Waals surface area contributed by atoms with Gasteiger partial charge in [0.2, 0.25) is 0 Å². The number of rotatable bonds is 4. The number of ether oxygens (including phenoxy) is 1. The molecule has 1 heterocycles. The van der Waals surface area contributed by atoms with Crippen LogP contribution in [0.15, 0.2) is 12.4 Å². The van der Waals surface area contributed by atoms with E-state index in [1.807, 2.05) is 0 Å². The number of carbonyl (C=O) groups excluding carboxylic acids is 1. The van der Waals surface area contributed by atoms with E-state index in [9.17, 15) is 13.6 Å². The quantitative estimate of drug-likeness (QED) is 0.884. The molecule has 0 aliphatic carbocycles. The van der Waals surface area contributed by atoms with E-state index < -0.39 is 29.4 Å². The first kappa shape index (κ1) is 16.3. The third-order valence-corrected chi connectivity index (χ3v) is 2.41. The number of halogens is 2. The highest BCUT2D eigenvalue weighted by Gasteiger charge is 2.21. The van der Waals surface area contributed by atoms with Crippen molar-refractivity contribution in [2.45, 2.75) is 38.8 Å². The second-order valence-corrected chi connectivity index (χ2v) is 5.36. The number of amides is 1. The van der Waals surface area contributed by atoms with E-state index >= 15 is 0 Å². The standard InChI is InChI=1S/C13H19F2N3O2/c1-13(2,3)20-12(19)18-8(5-16)4-9-10(14)6-17-7-11(9)15/h6-8H,4-5,16H2,1-3H3,(H,18,19). The van der Waals surface area contributed by atoms with Crippen LogP contribution in [0.5, 0.6) is 0 Å². The zero-order valence-corrected chi connectivity index (χ0v) is 11.7. The van der Waals surface area contributed by atoms with Crippen molar-refractivity contribution in [2.24, 2.45) is 5.73 Å². The van der Waals surface area contributed by atoms with Crippen LogP contribution in [-0.2, 0) is 11.2 Å². The van der Waals surface area contributed by atoms with Gasteiger partial charge in [-0.25, -0.2) is 13.6 Å². The lowest BCUT2D eigenvalue weighted by Crippen LogP contribution is -2.44. The van der Waals surface area contributed by atoms with Crippen molar-refractivity contribution in [3.05, 3.63) is 29.6 Å². The molecule has 1 aromatic rings. The number of carbonyl (C=O) groups is 1. The van der Waals surface area contributed by atoms with Gasteiger partial charge in [0.25, 0.3) is 0 Å². The molecule has 0 saturated heterocycles. The minimum absolute atomic E-state index is 0.0282. The van der Waals surface area contributed by atoms with Gasteiger partial charge in [-0.2, -0.15) is 0 Å². The van der Waals surface area contributed by atoms with Gasteiger partial charge in [0.15, 0.2) is 0 Å². The molecule has 1 rings (SSSR count). The van der Waals surface area contributed by atoms with Crippen molar-refractivity contribution in [3.8, 4) is 0 Å². The van der Waals surface area contributed by atoms with E-state index in [1.54, 1.807) is 20.8 Å². The van der Waals surface area contributed by atoms with E-state index in [0.29, 0.717) is 0 Å². The lowest BCUT2D eigenvalue weighted by molar-refractivity contribution is 0.0505. The zero-order valence-electron chi connectivity index (χ0n) is 11.7. The summed E-state index contributed by atoms with van der Waals surface area (Å²) in [7, 11) is 0. The van der Waals surface area contributed by atoms with Crippen LogP contribution in [0.1, 0.15) is 26.3 Å². The molecular formula is C13H19F2N3O2. The van der Waals surface area contributed by atoms with Crippen LogP contribution in [0.2, 0.25) is 0 Å². The number of nitrogens with one attached hydrogen (secondary N) is 1. The molecule has 3 N–H and O–H groups in total. The Morgan fingerprint density at radius 1 is 1.40 bits per heavy atom. The van der Waals surface area contributed by atoms with Crippen LogP contribution in [-0.4, -0.2) is 29.3 Å². The van der Waals surface area contributed by atoms with E-state index in [0.717, 1.165) is 12.4 Å². The van der Waals surface area contributed by atoms with E-state index in [-0.39, 0.29) is 18.5 Å². The summed E-state index contributed by atoms with van der Waals surface area (Å²) in [5, 5.41) is 2.49. The van der Waals surface area contributed by atoms with Crippen molar-refractivity contribution in [1.29, 1.82) is 0 Å². The summed E-state index contributed by atoms with van der Waals surface area (Å²) in [4.78, 5) is 15.0. The van der Waals surface area contributed by atoms with E-state index in [1.165, 1.54) is 0 Å². The molecule has 1 atom stereocenters. The third-order valence-electron chi connectivity index (χ3n) is 2.41. The molecule has 0 fully saturated rings. The summed E-state index contributed by atoms with van der Waals surface area (Å²) in [6.07, 6.45) is 1.08. The third kappa shape index (κ3) is 5.08. The highest BCUT2D eigenvalue weighted by molar-refractivity contribution is 5.68. The summed E-state index contributed by atoms with van der Waals surface area (Å²) in [5.74, 6) is -1.54. The number of nitrogens with two attached hydrogens (primary N) is 1. The lowest BCUT2D eigenvalue weighted by Gasteiger charge is -2.23. The second-order valence-electron chi connectivity index (χ2n) is 5.36. The van der Waals surface area contributed by atoms with Crippen LogP contribution < -0.4 is 11.1 Å². The van der Waals surface area contributed by atoms with Crippen molar-refractivity contribution < 1.29 is 18.3 Å². The van der Waals surface area contributed by atoms with Crippen LogP contribution in [0.25, 0.3) is 0 Å². The van der Waals surface area contributed by atoms with Crippen LogP contribution in [0.3, 0.4) is 0 Å². The summed E-state index contributed by atoms with van der Waals surface area (Å²) in [6.45, 7) is 5.17. The average Bonchev–Trinajstić information content (AvgIpc) is 2.30. The van der Waals surface area contributed by atoms with Crippen molar-refractivity contribution in [2.75, 3.05) is 6.54 Å². The SMILES string of the molecule is CC(C)(C)OC(=O)NC(CN)Cc1c(F)cncc1F. The highest BCUT2D eigenvalue weighted by atomic mass is 19.1. The predicted octanol–water partition coefficient (Wildman–Crippen LogP) is 1.75. The fourth-order valence-electron chi connectivity index (χ4n) is 1.55. The molecule has 1 aromatic heterocycles. The molecule has 20 heavy (non-hydrogen) atoms. The molecule has 0 bridgehead atoms. The van der Waals surface area contributed by atoms with Gasteiger partial charge in [-0.05, 0) is 27.2 Å². The minimum atomic E-state index is -0.769. The summed E-state index contributed by atoms with van der Waals surface area (Å²) < 4.78 is 32.0. The van der Waals surface area contributed by atoms with Gasteiger partial charge in [0.1, 0.15) is 17.2 Å². The largest absolute Gasteiger partial charge is 0.444 e. The number of pyridine rings is 1. The first-order valence-electron chi connectivity index (χ1n) is 6.20. The molecule has 0 radical (unpaired) electrons. The Labute approximate surface area is 116 Å². The van der Waals surface area contributed by atoms with E-state index in [4.69, 9.17) is 10.5 Å². The fourth-order valence-corrected chi connectivity index (χ4v) is 1.55. The predicted molar refractivity (Wildman–Crippen MR) is 70.1 cm³/mol. The van der Waals surface area contributed by atoms with Gasteiger partial charge in [0, 0.05) is 18.2 Å². The smallest absolute Gasteiger partial charge is 0.407 e. The van der Waals surface area contributed by atoms with Crippen LogP contribution in [0.4, 0.5) is 13.6 Å². The highest BCUT2D eigenvalue weighted by Crippen LogP contribution is 2.13. The Hall–Kier alpha value is -1.76. The summed E-state index contributed by atoms with van der Waals surface area (Å²) in [6, 6.07) is -0.628. The Balaban J connectivity index is 2.71. The van der Waals surface area contributed by atoms with Gasteiger partial charge >= 0.3 is 6.09 Å². The number of hydrogen-bond donors (Lipinski definition) is 2. The minimum Gasteiger partial charge on any atom is -0.444 e. The number of alkyl carbamates (subject to hydrolysis) is 1. The zero-order chi connectivity index (χ0) is 15.3. The molecule has 1 unspecified atom stereocenters. The normalized spacial score (nSPS) is 12.9. The molecular weight excluding hydrogens is 268 g/mol. The molecule has 0 aliphatic rings. The van der Waals surface area contributed by atoms with Crippen molar-refractivity contribution in [1.82, 2.24) is 10.3 Å². The monoisotopic (exact) mass is 287 g/mol. The van der Waals surface area contributed by atoms with Crippen molar-refractivity contribution >= 4 is 6.09 Å². The van der Waals surface area contributed by atoms with Gasteiger partial charge in [-0.15, -0.1) is 0 Å². The maximum atomic E-state index is 13.5. The maximum absolute atomic E-state index is 13.5. The number of nitrogens with zero attached hydrogens (tertiary/aromatic N) is 1. The molecule has 0 aliphatic heterocycles. The van der Waals surface area contributed by atoms with Crippen LogP contribution >= 0.6 is 0 Å². The van der Waals surface area contributed by atoms with Gasteiger partial charge < -0.3 is 15.8 Å². The summed E-state index contributed by atoms with van der Waals surface area (Å²) >= 11 is 0. The van der Waals surface area contributed by atoms with Crippen molar-refractivity contribution in [3.63, 3.8) is 0 Å². The molecule has 0 aromatic carbocycles. The van der Waals surface area contributed by atoms with E-state index in [2.05, 4.69) is 10.3 Å². The first-order chi connectivity index (χ1) is 9.23. The molecule has 0 spiro atoms. The maximum Gasteiger partial charge on any atom is 0.407 e. The summed E-state index contributed by atoms with van der Waals surface area (Å²) in [5.41, 5.74) is 4.69. The topological polar surface area (TPSA) is 77.2 Å². The molecule has 7 heteroatoms. The van der Waals surface area contributed by atoms with Gasteiger partial charge in [0.05, 0.1) is 12.4 Å². The van der Waals surface area contributed by atoms with Gasteiger partial charge in [-0.1, -0.05) is 0 Å². The molecule has 0 saturated carbocycles. The Morgan fingerprint density at radius 3 is 2.40 bits per heavy atom. The first-order valence-corrected chi connectivity index (χ1v) is 6.20. The lowest BCUT2D eigenvalue weighted by atomic mass is 10.1. The Morgan fingerprint density at radius 2 is 1.95 bits per heavy atom.